The number of pyridine rings is 1. The number of rotatable bonds is 4. The van der Waals surface area contributed by atoms with Gasteiger partial charge in [0.25, 0.3) is 0 Å². The van der Waals surface area contributed by atoms with Gasteiger partial charge in [-0.05, 0) is 41.8 Å². The van der Waals surface area contributed by atoms with Crippen molar-refractivity contribution in [3.05, 3.63) is 59.9 Å². The van der Waals surface area contributed by atoms with E-state index >= 15 is 0 Å². The van der Waals surface area contributed by atoms with Crippen LogP contribution in [0.15, 0.2) is 48.8 Å². The monoisotopic (exact) mass is 296 g/mol. The van der Waals surface area contributed by atoms with Crippen molar-refractivity contribution in [3.8, 4) is 0 Å². The van der Waals surface area contributed by atoms with Crippen molar-refractivity contribution < 1.29 is 4.79 Å². The lowest BCUT2D eigenvalue weighted by Gasteiger charge is -2.05. The molecule has 0 spiro atoms. The molecule has 0 bridgehead atoms. The lowest BCUT2D eigenvalue weighted by atomic mass is 10.1. The first-order valence-electron chi connectivity index (χ1n) is 5.61. The number of carbonyl (C=O) groups excluding carboxylic acids is 1. The third kappa shape index (κ3) is 4.89. The molecular formula is C14H14Cl2N2O. The van der Waals surface area contributed by atoms with Crippen LogP contribution in [0, 0.1) is 0 Å². The summed E-state index contributed by atoms with van der Waals surface area (Å²) in [5.41, 5.74) is 3.16. The second-order valence-corrected chi connectivity index (χ2v) is 4.18. The average Bonchev–Trinajstić information content (AvgIpc) is 2.42. The Labute approximate surface area is 123 Å². The van der Waals surface area contributed by atoms with E-state index in [4.69, 9.17) is 11.6 Å². The van der Waals surface area contributed by atoms with E-state index in [1.54, 1.807) is 12.4 Å². The predicted molar refractivity (Wildman–Crippen MR) is 80.1 cm³/mol. The Morgan fingerprint density at radius 3 is 2.21 bits per heavy atom. The van der Waals surface area contributed by atoms with E-state index in [1.807, 2.05) is 36.4 Å². The van der Waals surface area contributed by atoms with Crippen molar-refractivity contribution in [3.63, 3.8) is 0 Å². The van der Waals surface area contributed by atoms with E-state index < -0.39 is 0 Å². The molecule has 2 aromatic rings. The first-order chi connectivity index (χ1) is 8.78. The van der Waals surface area contributed by atoms with Gasteiger partial charge in [-0.1, -0.05) is 12.1 Å². The topological polar surface area (TPSA) is 42.0 Å². The molecule has 5 heteroatoms. The Kier molecular flexibility index (Phi) is 6.33. The number of hydrogen-bond donors (Lipinski definition) is 1. The molecule has 19 heavy (non-hydrogen) atoms. The molecule has 0 radical (unpaired) electrons. The minimum absolute atomic E-state index is 0. The summed E-state index contributed by atoms with van der Waals surface area (Å²) < 4.78 is 0. The van der Waals surface area contributed by atoms with Crippen LogP contribution in [0.4, 0.5) is 5.69 Å². The zero-order chi connectivity index (χ0) is 12.8. The van der Waals surface area contributed by atoms with Crippen molar-refractivity contribution in [2.75, 3.05) is 11.2 Å². The highest BCUT2D eigenvalue weighted by Crippen LogP contribution is 2.13. The van der Waals surface area contributed by atoms with Crippen LogP contribution in [0.3, 0.4) is 0 Å². The number of hydrogen-bond acceptors (Lipinski definition) is 2. The number of alkyl halides is 1. The number of amides is 1. The van der Waals surface area contributed by atoms with E-state index in [0.29, 0.717) is 0 Å². The van der Waals surface area contributed by atoms with Gasteiger partial charge in [0.05, 0.1) is 0 Å². The van der Waals surface area contributed by atoms with Crippen molar-refractivity contribution in [2.24, 2.45) is 0 Å². The molecule has 0 saturated heterocycles. The standard InChI is InChI=1S/C14H13ClN2O.ClH/c15-10-14(18)17-13-3-1-11(2-4-13)9-12-5-7-16-8-6-12;/h1-8H,9-10H2,(H,17,18);1H. The maximum absolute atomic E-state index is 11.1. The molecule has 1 aromatic heterocycles. The Morgan fingerprint density at radius 1 is 1.05 bits per heavy atom. The fraction of sp³-hybridized carbons (Fsp3) is 0.143. The van der Waals surface area contributed by atoms with Crippen molar-refractivity contribution in [1.29, 1.82) is 0 Å². The van der Waals surface area contributed by atoms with Gasteiger partial charge in [0, 0.05) is 18.1 Å². The Morgan fingerprint density at radius 2 is 1.63 bits per heavy atom. The number of carbonyl (C=O) groups is 1. The summed E-state index contributed by atoms with van der Waals surface area (Å²) in [5.74, 6) is -0.225. The second-order valence-electron chi connectivity index (χ2n) is 3.91. The molecule has 0 atom stereocenters. The van der Waals surface area contributed by atoms with E-state index in [1.165, 1.54) is 11.1 Å². The summed E-state index contributed by atoms with van der Waals surface area (Å²) in [5, 5.41) is 2.70. The maximum Gasteiger partial charge on any atom is 0.239 e. The summed E-state index contributed by atoms with van der Waals surface area (Å²) >= 11 is 5.42. The van der Waals surface area contributed by atoms with Crippen molar-refractivity contribution >= 4 is 35.6 Å². The molecule has 0 unspecified atom stereocenters. The van der Waals surface area contributed by atoms with Gasteiger partial charge >= 0.3 is 0 Å². The summed E-state index contributed by atoms with van der Waals surface area (Å²) in [6.45, 7) is 0. The molecule has 0 aliphatic carbocycles. The van der Waals surface area contributed by atoms with Crippen LogP contribution in [0.1, 0.15) is 11.1 Å². The normalized spacial score (nSPS) is 9.53. The molecule has 1 amide bonds. The SMILES string of the molecule is Cl.O=C(CCl)Nc1ccc(Cc2ccncc2)cc1. The van der Waals surface area contributed by atoms with Crippen LogP contribution >= 0.6 is 24.0 Å². The van der Waals surface area contributed by atoms with Crippen molar-refractivity contribution in [1.82, 2.24) is 4.98 Å². The zero-order valence-corrected chi connectivity index (χ0v) is 11.7. The number of halogens is 2. The molecule has 2 rings (SSSR count). The molecule has 1 N–H and O–H groups in total. The second kappa shape index (κ2) is 7.77. The Bertz CT molecular complexity index is 515. The van der Waals surface area contributed by atoms with E-state index in [2.05, 4.69) is 10.3 Å². The van der Waals surface area contributed by atoms with Crippen LogP contribution in [-0.4, -0.2) is 16.8 Å². The van der Waals surface area contributed by atoms with Gasteiger partial charge in [0.1, 0.15) is 5.88 Å². The molecule has 0 aliphatic heterocycles. The third-order valence-corrected chi connectivity index (χ3v) is 2.76. The summed E-state index contributed by atoms with van der Waals surface area (Å²) in [7, 11) is 0. The highest BCUT2D eigenvalue weighted by molar-refractivity contribution is 6.29. The number of nitrogens with zero attached hydrogens (tertiary/aromatic N) is 1. The molecule has 1 heterocycles. The zero-order valence-electron chi connectivity index (χ0n) is 10.2. The first kappa shape index (κ1) is 15.5. The molecule has 0 aliphatic rings. The molecule has 1 aromatic carbocycles. The molecule has 100 valence electrons. The molecular weight excluding hydrogens is 283 g/mol. The smallest absolute Gasteiger partial charge is 0.239 e. The lowest BCUT2D eigenvalue weighted by molar-refractivity contribution is -0.113. The van der Waals surface area contributed by atoms with Gasteiger partial charge in [0.2, 0.25) is 5.91 Å². The molecule has 0 fully saturated rings. The summed E-state index contributed by atoms with van der Waals surface area (Å²) in [6, 6.07) is 11.7. The first-order valence-corrected chi connectivity index (χ1v) is 6.15. The highest BCUT2D eigenvalue weighted by Gasteiger charge is 2.00. The maximum atomic E-state index is 11.1. The molecule has 0 saturated carbocycles. The minimum Gasteiger partial charge on any atom is -0.325 e. The van der Waals surface area contributed by atoms with Crippen LogP contribution < -0.4 is 5.32 Å². The third-order valence-electron chi connectivity index (χ3n) is 2.52. The van der Waals surface area contributed by atoms with E-state index in [-0.39, 0.29) is 24.2 Å². The predicted octanol–water partition coefficient (Wildman–Crippen LogP) is 3.27. The van der Waals surface area contributed by atoms with Gasteiger partial charge in [-0.3, -0.25) is 9.78 Å². The van der Waals surface area contributed by atoms with Crippen molar-refractivity contribution in [2.45, 2.75) is 6.42 Å². The number of anilines is 1. The average molecular weight is 297 g/mol. The van der Waals surface area contributed by atoms with Crippen LogP contribution in [-0.2, 0) is 11.2 Å². The Balaban J connectivity index is 0.00000180. The quantitative estimate of drug-likeness (QED) is 0.880. The summed E-state index contributed by atoms with van der Waals surface area (Å²) in [6.07, 6.45) is 4.42. The highest BCUT2D eigenvalue weighted by atomic mass is 35.5. The number of aromatic nitrogens is 1. The van der Waals surface area contributed by atoms with Crippen LogP contribution in [0.2, 0.25) is 0 Å². The van der Waals surface area contributed by atoms with Gasteiger partial charge < -0.3 is 5.32 Å². The fourth-order valence-electron chi connectivity index (χ4n) is 1.64. The molecule has 3 nitrogen and oxygen atoms in total. The van der Waals surface area contributed by atoms with Gasteiger partial charge in [-0.25, -0.2) is 0 Å². The lowest BCUT2D eigenvalue weighted by Crippen LogP contribution is -2.12. The van der Waals surface area contributed by atoms with Gasteiger partial charge in [-0.15, -0.1) is 24.0 Å². The summed E-state index contributed by atoms with van der Waals surface area (Å²) in [4.78, 5) is 15.1. The van der Waals surface area contributed by atoms with Crippen LogP contribution in [0.5, 0.6) is 0 Å². The van der Waals surface area contributed by atoms with Crippen LogP contribution in [0.25, 0.3) is 0 Å². The van der Waals surface area contributed by atoms with E-state index in [0.717, 1.165) is 12.1 Å². The van der Waals surface area contributed by atoms with E-state index in [9.17, 15) is 4.79 Å². The Hall–Kier alpha value is -1.58. The van der Waals surface area contributed by atoms with Gasteiger partial charge in [0.15, 0.2) is 0 Å². The minimum atomic E-state index is -0.196. The largest absolute Gasteiger partial charge is 0.325 e. The number of benzene rings is 1. The van der Waals surface area contributed by atoms with Gasteiger partial charge in [-0.2, -0.15) is 0 Å². The number of nitrogens with one attached hydrogen (secondary N) is 1. The fourth-order valence-corrected chi connectivity index (χ4v) is 1.70.